The molecule has 0 aliphatic heterocycles. The summed E-state index contributed by atoms with van der Waals surface area (Å²) in [5.74, 6) is 2.06. The third kappa shape index (κ3) is 4.80. The van der Waals surface area contributed by atoms with Gasteiger partial charge in [-0.1, -0.05) is 26.2 Å². The summed E-state index contributed by atoms with van der Waals surface area (Å²) in [5.41, 5.74) is 6.26. The third-order valence-corrected chi connectivity index (χ3v) is 3.99. The van der Waals surface area contributed by atoms with Crippen LogP contribution in [0.25, 0.3) is 0 Å². The fraction of sp³-hybridized carbons (Fsp3) is 0.706. The molecule has 0 amide bonds. The van der Waals surface area contributed by atoms with E-state index in [0.29, 0.717) is 23.5 Å². The van der Waals surface area contributed by atoms with Crippen molar-refractivity contribution in [2.45, 2.75) is 71.4 Å². The Morgan fingerprint density at radius 2 is 1.90 bits per heavy atom. The van der Waals surface area contributed by atoms with Gasteiger partial charge in [-0.15, -0.1) is 0 Å². The Morgan fingerprint density at radius 3 is 2.62 bits per heavy atom. The van der Waals surface area contributed by atoms with Crippen LogP contribution in [0.3, 0.4) is 0 Å². The maximum Gasteiger partial charge on any atom is 0.239 e. The van der Waals surface area contributed by atoms with Crippen molar-refractivity contribution in [2.24, 2.45) is 5.92 Å². The van der Waals surface area contributed by atoms with E-state index in [2.05, 4.69) is 17.2 Å². The van der Waals surface area contributed by atoms with Gasteiger partial charge in [0.25, 0.3) is 0 Å². The van der Waals surface area contributed by atoms with Gasteiger partial charge in [-0.25, -0.2) is 0 Å². The molecule has 1 aliphatic carbocycles. The molecular formula is C17H29N3O. The zero-order chi connectivity index (χ0) is 15.5. The first-order valence-electron chi connectivity index (χ1n) is 8.07. The Bertz CT molecular complexity index is 468. The summed E-state index contributed by atoms with van der Waals surface area (Å²) in [7, 11) is 0. The van der Waals surface area contributed by atoms with Gasteiger partial charge in [-0.3, -0.25) is 0 Å². The summed E-state index contributed by atoms with van der Waals surface area (Å²) in [6, 6.07) is 4.31. The molecule has 1 aromatic rings. The van der Waals surface area contributed by atoms with E-state index in [1.807, 2.05) is 32.9 Å². The smallest absolute Gasteiger partial charge is 0.239 e. The summed E-state index contributed by atoms with van der Waals surface area (Å²) in [6.07, 6.45) is 6.48. The Kier molecular flexibility index (Phi) is 4.96. The van der Waals surface area contributed by atoms with E-state index in [1.54, 1.807) is 0 Å². The number of nitrogen functional groups attached to an aromatic ring is 1. The minimum absolute atomic E-state index is 0.296. The van der Waals surface area contributed by atoms with E-state index in [0.717, 1.165) is 5.82 Å². The van der Waals surface area contributed by atoms with Gasteiger partial charge < -0.3 is 15.8 Å². The van der Waals surface area contributed by atoms with E-state index >= 15 is 0 Å². The first kappa shape index (κ1) is 15.9. The molecule has 0 radical (unpaired) electrons. The normalized spacial score (nSPS) is 23.4. The largest absolute Gasteiger partial charge is 0.470 e. The molecule has 0 bridgehead atoms. The van der Waals surface area contributed by atoms with Crippen molar-refractivity contribution < 1.29 is 4.74 Å². The summed E-state index contributed by atoms with van der Waals surface area (Å²) in [4.78, 5) is 4.56. The number of ether oxygens (including phenoxy) is 1. The third-order valence-electron chi connectivity index (χ3n) is 3.99. The number of hydrogen-bond donors (Lipinski definition) is 2. The first-order chi connectivity index (χ1) is 9.85. The van der Waals surface area contributed by atoms with Gasteiger partial charge in [0.15, 0.2) is 0 Å². The van der Waals surface area contributed by atoms with Crippen molar-refractivity contribution in [3.63, 3.8) is 0 Å². The minimum Gasteiger partial charge on any atom is -0.470 e. The molecule has 0 spiro atoms. The van der Waals surface area contributed by atoms with Crippen molar-refractivity contribution in [2.75, 3.05) is 11.1 Å². The molecule has 118 valence electrons. The Balaban J connectivity index is 2.11. The van der Waals surface area contributed by atoms with Crippen LogP contribution in [0.5, 0.6) is 5.88 Å². The summed E-state index contributed by atoms with van der Waals surface area (Å²) >= 11 is 0. The van der Waals surface area contributed by atoms with Crippen LogP contribution in [0.2, 0.25) is 0 Å². The highest BCUT2D eigenvalue weighted by atomic mass is 16.5. The minimum atomic E-state index is -0.296. The molecule has 4 nitrogen and oxygen atoms in total. The van der Waals surface area contributed by atoms with Gasteiger partial charge in [-0.05, 0) is 51.7 Å². The number of rotatable bonds is 3. The van der Waals surface area contributed by atoms with Crippen molar-refractivity contribution in [3.8, 4) is 5.88 Å². The number of nitrogens with two attached hydrogens (primary N) is 1. The van der Waals surface area contributed by atoms with Gasteiger partial charge in [0.2, 0.25) is 5.88 Å². The Hall–Kier alpha value is -1.45. The SMILES string of the molecule is CC1CCCCCC1Nc1ccc(N)c(OC(C)(C)C)n1. The highest BCUT2D eigenvalue weighted by molar-refractivity contribution is 5.54. The zero-order valence-electron chi connectivity index (χ0n) is 13.8. The molecule has 21 heavy (non-hydrogen) atoms. The van der Waals surface area contributed by atoms with Crippen LogP contribution >= 0.6 is 0 Å². The fourth-order valence-electron chi connectivity index (χ4n) is 2.80. The molecule has 1 aliphatic rings. The van der Waals surface area contributed by atoms with Crippen molar-refractivity contribution >= 4 is 11.5 Å². The molecule has 4 heteroatoms. The lowest BCUT2D eigenvalue weighted by Gasteiger charge is -2.25. The van der Waals surface area contributed by atoms with Crippen LogP contribution in [0.1, 0.15) is 59.8 Å². The van der Waals surface area contributed by atoms with Crippen LogP contribution < -0.4 is 15.8 Å². The van der Waals surface area contributed by atoms with E-state index in [4.69, 9.17) is 10.5 Å². The van der Waals surface area contributed by atoms with Crippen LogP contribution in [-0.2, 0) is 0 Å². The number of nitrogens with one attached hydrogen (secondary N) is 1. The fourth-order valence-corrected chi connectivity index (χ4v) is 2.80. The van der Waals surface area contributed by atoms with Crippen LogP contribution in [0.4, 0.5) is 11.5 Å². The zero-order valence-corrected chi connectivity index (χ0v) is 13.8. The van der Waals surface area contributed by atoms with Gasteiger partial charge in [-0.2, -0.15) is 4.98 Å². The van der Waals surface area contributed by atoms with E-state index < -0.39 is 0 Å². The summed E-state index contributed by atoms with van der Waals surface area (Å²) in [6.45, 7) is 8.33. The molecular weight excluding hydrogens is 262 g/mol. The summed E-state index contributed by atoms with van der Waals surface area (Å²) < 4.78 is 5.84. The average molecular weight is 291 g/mol. The number of anilines is 2. The molecule has 1 aromatic heterocycles. The van der Waals surface area contributed by atoms with Crippen molar-refractivity contribution in [3.05, 3.63) is 12.1 Å². The van der Waals surface area contributed by atoms with Crippen LogP contribution in [0.15, 0.2) is 12.1 Å². The molecule has 2 unspecified atom stereocenters. The van der Waals surface area contributed by atoms with Gasteiger partial charge in [0.1, 0.15) is 11.4 Å². The van der Waals surface area contributed by atoms with Crippen LogP contribution in [-0.4, -0.2) is 16.6 Å². The Labute approximate surface area is 128 Å². The number of hydrogen-bond acceptors (Lipinski definition) is 4. The maximum atomic E-state index is 5.97. The lowest BCUT2D eigenvalue weighted by atomic mass is 9.97. The molecule has 1 fully saturated rings. The second kappa shape index (κ2) is 6.54. The van der Waals surface area contributed by atoms with Gasteiger partial charge in [0, 0.05) is 6.04 Å². The topological polar surface area (TPSA) is 60.2 Å². The van der Waals surface area contributed by atoms with E-state index in [1.165, 1.54) is 32.1 Å². The molecule has 2 atom stereocenters. The van der Waals surface area contributed by atoms with Gasteiger partial charge in [0.05, 0.1) is 5.69 Å². The first-order valence-corrected chi connectivity index (χ1v) is 8.07. The molecule has 2 rings (SSSR count). The van der Waals surface area contributed by atoms with Gasteiger partial charge >= 0.3 is 0 Å². The van der Waals surface area contributed by atoms with Crippen molar-refractivity contribution in [1.29, 1.82) is 0 Å². The molecule has 1 saturated carbocycles. The lowest BCUT2D eigenvalue weighted by Crippen LogP contribution is -2.27. The lowest BCUT2D eigenvalue weighted by molar-refractivity contribution is 0.125. The quantitative estimate of drug-likeness (QED) is 0.818. The number of aromatic nitrogens is 1. The number of pyridine rings is 1. The van der Waals surface area contributed by atoms with E-state index in [9.17, 15) is 0 Å². The molecule has 3 N–H and O–H groups in total. The van der Waals surface area contributed by atoms with Crippen molar-refractivity contribution in [1.82, 2.24) is 4.98 Å². The predicted octanol–water partition coefficient (Wildman–Crippen LogP) is 4.22. The predicted molar refractivity (Wildman–Crippen MR) is 88.7 cm³/mol. The average Bonchev–Trinajstić information content (AvgIpc) is 2.57. The highest BCUT2D eigenvalue weighted by Crippen LogP contribution is 2.28. The van der Waals surface area contributed by atoms with Crippen LogP contribution in [0, 0.1) is 5.92 Å². The second-order valence-corrected chi connectivity index (χ2v) is 7.17. The molecule has 1 heterocycles. The summed E-state index contributed by atoms with van der Waals surface area (Å²) in [5, 5.41) is 3.58. The highest BCUT2D eigenvalue weighted by Gasteiger charge is 2.21. The molecule has 0 saturated heterocycles. The monoisotopic (exact) mass is 291 g/mol. The standard InChI is InChI=1S/C17H29N3O/c1-12-8-6-5-7-9-14(12)19-15-11-10-13(18)16(20-15)21-17(2,3)4/h10-12,14H,5-9,18H2,1-4H3,(H,19,20). The maximum absolute atomic E-state index is 5.97. The second-order valence-electron chi connectivity index (χ2n) is 7.17. The van der Waals surface area contributed by atoms with E-state index in [-0.39, 0.29) is 5.60 Å². The number of nitrogens with zero attached hydrogens (tertiary/aromatic N) is 1. The Morgan fingerprint density at radius 1 is 1.19 bits per heavy atom. The molecule has 0 aromatic carbocycles.